The fraction of sp³-hybridized carbons (Fsp3) is 0.143. The van der Waals surface area contributed by atoms with Crippen molar-refractivity contribution in [3.63, 3.8) is 0 Å². The molecule has 32 heavy (non-hydrogen) atoms. The van der Waals surface area contributed by atoms with E-state index in [0.717, 1.165) is 0 Å². The Morgan fingerprint density at radius 2 is 1.56 bits per heavy atom. The Morgan fingerprint density at radius 1 is 0.906 bits per heavy atom. The average Bonchev–Trinajstić information content (AvgIpc) is 3.30. The van der Waals surface area contributed by atoms with Gasteiger partial charge in [0, 0.05) is 17.1 Å². The number of alkyl halides is 6. The Morgan fingerprint density at radius 3 is 2.12 bits per heavy atom. The lowest BCUT2D eigenvalue weighted by atomic mass is 9.93. The van der Waals surface area contributed by atoms with E-state index < -0.39 is 41.0 Å². The van der Waals surface area contributed by atoms with E-state index in [1.165, 1.54) is 0 Å². The Bertz CT molecular complexity index is 1240. The summed E-state index contributed by atoms with van der Waals surface area (Å²) in [6, 6.07) is 7.88. The molecule has 1 saturated heterocycles. The highest BCUT2D eigenvalue weighted by Crippen LogP contribution is 2.40. The van der Waals surface area contributed by atoms with Crippen LogP contribution in [-0.2, 0) is 23.6 Å². The predicted octanol–water partition coefficient (Wildman–Crippen LogP) is 6.14. The largest absolute Gasteiger partial charge is 0.416 e. The number of hydrogen-bond acceptors (Lipinski definition) is 3. The second kappa shape index (κ2) is 7.73. The number of nitrogens with one attached hydrogen (secondary N) is 2. The Kier molecular flexibility index (Phi) is 5.32. The van der Waals surface area contributed by atoms with Gasteiger partial charge in [0.1, 0.15) is 0 Å². The summed E-state index contributed by atoms with van der Waals surface area (Å²) < 4.78 is 79.7. The van der Waals surface area contributed by atoms with Crippen LogP contribution in [0.4, 0.5) is 31.1 Å². The number of amides is 2. The van der Waals surface area contributed by atoms with E-state index in [4.69, 9.17) is 0 Å². The number of imide groups is 1. The van der Waals surface area contributed by atoms with Gasteiger partial charge in [-0.05, 0) is 65.2 Å². The molecule has 166 valence electrons. The lowest BCUT2D eigenvalue weighted by Gasteiger charge is -2.16. The average molecular weight is 470 g/mol. The molecular formula is C21H12F6N2O2S. The van der Waals surface area contributed by atoms with Crippen molar-refractivity contribution in [1.29, 1.82) is 0 Å². The zero-order chi connectivity index (χ0) is 23.3. The fourth-order valence-corrected chi connectivity index (χ4v) is 4.26. The molecule has 4 nitrogen and oxygen atoms in total. The summed E-state index contributed by atoms with van der Waals surface area (Å²) in [6.45, 7) is 0. The van der Waals surface area contributed by atoms with E-state index in [1.54, 1.807) is 30.5 Å². The van der Waals surface area contributed by atoms with Crippen LogP contribution in [-0.4, -0.2) is 16.1 Å². The molecule has 1 fully saturated rings. The molecule has 2 amide bonds. The molecule has 2 heterocycles. The SMILES string of the molecule is O=C1NC(=O)/C(=C(/Cc2cc(C(F)(F)F)cc(C(F)(F)F)c2)c2cccc3[nH]ccc23)S1. The monoisotopic (exact) mass is 470 g/mol. The predicted molar refractivity (Wildman–Crippen MR) is 106 cm³/mol. The smallest absolute Gasteiger partial charge is 0.361 e. The third-order valence-corrected chi connectivity index (χ3v) is 5.76. The molecule has 2 aromatic carbocycles. The first-order valence-corrected chi connectivity index (χ1v) is 9.86. The first kappa shape index (κ1) is 22.0. The minimum absolute atomic E-state index is 0.0454. The summed E-state index contributed by atoms with van der Waals surface area (Å²) in [5.74, 6) is -0.759. The molecule has 2 N–H and O–H groups in total. The first-order valence-electron chi connectivity index (χ1n) is 9.04. The second-order valence-electron chi connectivity index (χ2n) is 6.99. The topological polar surface area (TPSA) is 62.0 Å². The summed E-state index contributed by atoms with van der Waals surface area (Å²) in [7, 11) is 0. The van der Waals surface area contributed by atoms with E-state index in [0.29, 0.717) is 40.4 Å². The van der Waals surface area contributed by atoms with Gasteiger partial charge >= 0.3 is 12.4 Å². The lowest BCUT2D eigenvalue weighted by Crippen LogP contribution is -2.18. The molecule has 1 aliphatic heterocycles. The maximum Gasteiger partial charge on any atom is 0.416 e. The fourth-order valence-electron chi connectivity index (χ4n) is 3.48. The van der Waals surface area contributed by atoms with Crippen molar-refractivity contribution in [1.82, 2.24) is 10.3 Å². The van der Waals surface area contributed by atoms with Crippen LogP contribution in [0.25, 0.3) is 16.5 Å². The molecular weight excluding hydrogens is 458 g/mol. The normalized spacial score (nSPS) is 16.6. The van der Waals surface area contributed by atoms with Crippen LogP contribution in [0.2, 0.25) is 0 Å². The van der Waals surface area contributed by atoms with E-state index in [2.05, 4.69) is 10.3 Å². The van der Waals surface area contributed by atoms with Crippen LogP contribution < -0.4 is 5.32 Å². The standard InChI is InChI=1S/C21H12F6N2O2S/c22-20(23,24)11-6-10(7-12(9-11)21(25,26)27)8-15(17-18(30)29-19(31)32-17)13-2-1-3-16-14(13)4-5-28-16/h1-7,9,28H,8H2,(H,29,30,31)/b17-15+. The molecule has 1 aromatic heterocycles. The number of benzene rings is 2. The van der Waals surface area contributed by atoms with Crippen LogP contribution >= 0.6 is 11.8 Å². The number of aromatic amines is 1. The van der Waals surface area contributed by atoms with Crippen LogP contribution in [0, 0.1) is 0 Å². The van der Waals surface area contributed by atoms with Crippen molar-refractivity contribution in [3.05, 3.63) is 75.8 Å². The van der Waals surface area contributed by atoms with Crippen LogP contribution in [0.1, 0.15) is 22.3 Å². The van der Waals surface area contributed by atoms with Gasteiger partial charge in [-0.3, -0.25) is 14.9 Å². The zero-order valence-electron chi connectivity index (χ0n) is 15.8. The summed E-state index contributed by atoms with van der Waals surface area (Å²) in [6.07, 6.45) is -8.82. The number of H-pyrrole nitrogens is 1. The van der Waals surface area contributed by atoms with Gasteiger partial charge < -0.3 is 4.98 Å². The van der Waals surface area contributed by atoms with Gasteiger partial charge in [0.25, 0.3) is 11.1 Å². The summed E-state index contributed by atoms with van der Waals surface area (Å²) in [5, 5.41) is 2.00. The number of fused-ring (bicyclic) bond motifs is 1. The van der Waals surface area contributed by atoms with E-state index >= 15 is 0 Å². The molecule has 11 heteroatoms. The van der Waals surface area contributed by atoms with E-state index in [1.807, 2.05) is 0 Å². The Hall–Kier alpha value is -3.21. The Labute approximate surface area is 180 Å². The molecule has 0 radical (unpaired) electrons. The van der Waals surface area contributed by atoms with Gasteiger partial charge in [-0.25, -0.2) is 0 Å². The van der Waals surface area contributed by atoms with Crippen molar-refractivity contribution in [2.24, 2.45) is 0 Å². The maximum absolute atomic E-state index is 13.3. The van der Waals surface area contributed by atoms with Gasteiger partial charge in [-0.1, -0.05) is 12.1 Å². The van der Waals surface area contributed by atoms with Gasteiger partial charge in [-0.2, -0.15) is 26.3 Å². The first-order chi connectivity index (χ1) is 14.9. The number of carbonyl (C=O) groups is 2. The summed E-state index contributed by atoms with van der Waals surface area (Å²) >= 11 is 0.552. The highest BCUT2D eigenvalue weighted by molar-refractivity contribution is 8.18. The number of allylic oxidation sites excluding steroid dienone is 1. The zero-order valence-corrected chi connectivity index (χ0v) is 16.6. The van der Waals surface area contributed by atoms with Gasteiger partial charge in [0.15, 0.2) is 0 Å². The number of thioether (sulfide) groups is 1. The minimum atomic E-state index is -5.00. The van der Waals surface area contributed by atoms with Gasteiger partial charge in [0.2, 0.25) is 0 Å². The van der Waals surface area contributed by atoms with Crippen molar-refractivity contribution < 1.29 is 35.9 Å². The number of aromatic nitrogens is 1. The number of hydrogen-bond donors (Lipinski definition) is 2. The van der Waals surface area contributed by atoms with Gasteiger partial charge in [-0.15, -0.1) is 0 Å². The second-order valence-corrected chi connectivity index (χ2v) is 7.97. The molecule has 0 spiro atoms. The van der Waals surface area contributed by atoms with E-state index in [-0.39, 0.29) is 22.1 Å². The molecule has 0 saturated carbocycles. The minimum Gasteiger partial charge on any atom is -0.361 e. The number of carbonyl (C=O) groups excluding carboxylic acids is 2. The van der Waals surface area contributed by atoms with Crippen molar-refractivity contribution in [2.75, 3.05) is 0 Å². The van der Waals surface area contributed by atoms with Gasteiger partial charge in [0.05, 0.1) is 16.0 Å². The molecule has 0 unspecified atom stereocenters. The molecule has 3 aromatic rings. The highest BCUT2D eigenvalue weighted by atomic mass is 32.2. The Balaban J connectivity index is 1.92. The van der Waals surface area contributed by atoms with Crippen LogP contribution in [0.3, 0.4) is 0 Å². The van der Waals surface area contributed by atoms with E-state index in [9.17, 15) is 35.9 Å². The summed E-state index contributed by atoms with van der Waals surface area (Å²) in [4.78, 5) is 26.9. The molecule has 0 bridgehead atoms. The lowest BCUT2D eigenvalue weighted by molar-refractivity contribution is -0.143. The summed E-state index contributed by atoms with van der Waals surface area (Å²) in [5.41, 5.74) is -1.99. The number of rotatable bonds is 3. The highest BCUT2D eigenvalue weighted by Gasteiger charge is 2.37. The van der Waals surface area contributed by atoms with Crippen LogP contribution in [0.15, 0.2) is 53.6 Å². The van der Waals surface area contributed by atoms with Crippen LogP contribution in [0.5, 0.6) is 0 Å². The molecule has 4 rings (SSSR count). The van der Waals surface area contributed by atoms with Crippen molar-refractivity contribution in [3.8, 4) is 0 Å². The third-order valence-electron chi connectivity index (χ3n) is 4.84. The van der Waals surface area contributed by atoms with Crippen molar-refractivity contribution >= 4 is 39.4 Å². The third kappa shape index (κ3) is 4.24. The van der Waals surface area contributed by atoms with Crippen molar-refractivity contribution in [2.45, 2.75) is 18.8 Å². The molecule has 0 aliphatic carbocycles. The maximum atomic E-state index is 13.3. The quantitative estimate of drug-likeness (QED) is 0.357. The number of halogens is 6. The molecule has 0 atom stereocenters. The molecule has 1 aliphatic rings.